The molecule has 1 saturated heterocycles. The summed E-state index contributed by atoms with van der Waals surface area (Å²) in [5.74, 6) is 0.696. The number of rotatable bonds is 4. The highest BCUT2D eigenvalue weighted by atomic mass is 16.5. The monoisotopic (exact) mass is 369 g/mol. The molecule has 1 aliphatic carbocycles. The first-order chi connectivity index (χ1) is 13.2. The summed E-state index contributed by atoms with van der Waals surface area (Å²) in [7, 11) is 1.53. The number of aliphatic hydroxyl groups is 1. The van der Waals surface area contributed by atoms with Gasteiger partial charge in [0.05, 0.1) is 19.3 Å². The summed E-state index contributed by atoms with van der Waals surface area (Å²) >= 11 is 0. The largest absolute Gasteiger partial charge is 0.480 e. The van der Waals surface area contributed by atoms with Crippen LogP contribution in [0.4, 0.5) is 5.95 Å². The molecule has 2 aromatic rings. The second-order valence-electron chi connectivity index (χ2n) is 6.93. The highest BCUT2D eigenvalue weighted by Crippen LogP contribution is 2.28. The smallest absolute Gasteiger partial charge is 0.259 e. The summed E-state index contributed by atoms with van der Waals surface area (Å²) in [6.45, 7) is 0.768. The summed E-state index contributed by atoms with van der Waals surface area (Å²) in [5.41, 5.74) is 2.62. The molecule has 0 saturated carbocycles. The van der Waals surface area contributed by atoms with E-state index in [2.05, 4.69) is 20.3 Å². The van der Waals surface area contributed by atoms with Crippen LogP contribution in [0.2, 0.25) is 0 Å². The van der Waals surface area contributed by atoms with Gasteiger partial charge in [-0.3, -0.25) is 4.79 Å². The van der Waals surface area contributed by atoms with Crippen LogP contribution >= 0.6 is 0 Å². The number of amides is 1. The number of aliphatic hydroxyl groups excluding tert-OH is 1. The molecule has 2 aliphatic rings. The fraction of sp³-hybridized carbons (Fsp3) is 0.474. The Bertz CT molecular complexity index is 830. The predicted molar refractivity (Wildman–Crippen MR) is 98.8 cm³/mol. The number of methoxy groups -OCH3 is 1. The number of nitrogens with one attached hydrogen (secondary N) is 1. The van der Waals surface area contributed by atoms with Gasteiger partial charge in [-0.25, -0.2) is 15.0 Å². The van der Waals surface area contributed by atoms with E-state index < -0.39 is 6.10 Å². The van der Waals surface area contributed by atoms with E-state index in [0.29, 0.717) is 30.4 Å². The van der Waals surface area contributed by atoms with E-state index in [4.69, 9.17) is 4.74 Å². The third-order valence-electron chi connectivity index (χ3n) is 5.19. The van der Waals surface area contributed by atoms with Gasteiger partial charge in [-0.05, 0) is 43.4 Å². The van der Waals surface area contributed by atoms with E-state index in [0.717, 1.165) is 30.5 Å². The van der Waals surface area contributed by atoms with Crippen molar-refractivity contribution in [2.75, 3.05) is 25.5 Å². The zero-order valence-corrected chi connectivity index (χ0v) is 15.3. The molecule has 0 aromatic carbocycles. The van der Waals surface area contributed by atoms with Gasteiger partial charge in [0, 0.05) is 31.2 Å². The Labute approximate surface area is 157 Å². The molecule has 0 bridgehead atoms. The Kier molecular flexibility index (Phi) is 4.89. The molecule has 8 nitrogen and oxygen atoms in total. The number of aryl methyl sites for hydroxylation is 2. The van der Waals surface area contributed by atoms with Gasteiger partial charge in [0.2, 0.25) is 11.8 Å². The molecule has 0 spiro atoms. The summed E-state index contributed by atoms with van der Waals surface area (Å²) in [6.07, 6.45) is 6.11. The zero-order valence-electron chi connectivity index (χ0n) is 15.3. The van der Waals surface area contributed by atoms with Crippen molar-refractivity contribution in [3.63, 3.8) is 0 Å². The van der Waals surface area contributed by atoms with E-state index in [1.165, 1.54) is 7.11 Å². The van der Waals surface area contributed by atoms with Gasteiger partial charge in [0.15, 0.2) is 0 Å². The molecule has 4 rings (SSSR count). The Hall–Kier alpha value is -2.74. The maximum absolute atomic E-state index is 13.0. The number of nitrogens with zero attached hydrogens (tertiary/aromatic N) is 4. The number of piperidine rings is 1. The van der Waals surface area contributed by atoms with Crippen molar-refractivity contribution in [2.45, 2.75) is 37.8 Å². The number of ether oxygens (including phenoxy) is 1. The number of pyridine rings is 1. The van der Waals surface area contributed by atoms with E-state index >= 15 is 0 Å². The highest BCUT2D eigenvalue weighted by Gasteiger charge is 2.33. The minimum Gasteiger partial charge on any atom is -0.480 e. The van der Waals surface area contributed by atoms with Crippen LogP contribution in [-0.4, -0.2) is 63.2 Å². The van der Waals surface area contributed by atoms with Crippen LogP contribution in [0, 0.1) is 0 Å². The first-order valence-electron chi connectivity index (χ1n) is 9.23. The average Bonchev–Trinajstić information content (AvgIpc) is 3.16. The molecule has 27 heavy (non-hydrogen) atoms. The summed E-state index contributed by atoms with van der Waals surface area (Å²) < 4.78 is 5.36. The lowest BCUT2D eigenvalue weighted by atomic mass is 10.0. The van der Waals surface area contributed by atoms with Gasteiger partial charge < -0.3 is 20.1 Å². The Morgan fingerprint density at radius 3 is 2.89 bits per heavy atom. The van der Waals surface area contributed by atoms with Gasteiger partial charge in [0.25, 0.3) is 5.91 Å². The lowest BCUT2D eigenvalue weighted by molar-refractivity contribution is 0.0422. The molecule has 2 atom stereocenters. The lowest BCUT2D eigenvalue weighted by Crippen LogP contribution is -2.51. The van der Waals surface area contributed by atoms with Crippen molar-refractivity contribution in [1.82, 2.24) is 19.9 Å². The Morgan fingerprint density at radius 2 is 2.15 bits per heavy atom. The molecule has 0 unspecified atom stereocenters. The van der Waals surface area contributed by atoms with E-state index in [9.17, 15) is 9.90 Å². The van der Waals surface area contributed by atoms with Crippen LogP contribution in [0.5, 0.6) is 5.88 Å². The van der Waals surface area contributed by atoms with Gasteiger partial charge in [0.1, 0.15) is 5.56 Å². The minimum absolute atomic E-state index is 0.150. The average molecular weight is 369 g/mol. The number of carbonyl (C=O) groups excluding carboxylic acids is 1. The van der Waals surface area contributed by atoms with Gasteiger partial charge in [-0.2, -0.15) is 0 Å². The number of likely N-dealkylation sites (tertiary alicyclic amines) is 1. The number of carbonyl (C=O) groups is 1. The molecule has 1 aliphatic heterocycles. The van der Waals surface area contributed by atoms with E-state index in [-0.39, 0.29) is 18.5 Å². The van der Waals surface area contributed by atoms with Crippen molar-refractivity contribution in [3.05, 3.63) is 41.3 Å². The normalized spacial score (nSPS) is 21.6. The first kappa shape index (κ1) is 17.7. The number of fused-ring (bicyclic) bond motifs is 1. The number of hydrogen-bond acceptors (Lipinski definition) is 7. The number of aromatic nitrogens is 3. The van der Waals surface area contributed by atoms with Gasteiger partial charge in [-0.15, -0.1) is 0 Å². The summed E-state index contributed by atoms with van der Waals surface area (Å²) in [4.78, 5) is 27.5. The molecule has 2 N–H and O–H groups in total. The number of anilines is 1. The van der Waals surface area contributed by atoms with Crippen LogP contribution in [0.3, 0.4) is 0 Å². The molecule has 0 radical (unpaired) electrons. The Morgan fingerprint density at radius 1 is 1.33 bits per heavy atom. The fourth-order valence-electron chi connectivity index (χ4n) is 3.76. The molecule has 142 valence electrons. The predicted octanol–water partition coefficient (Wildman–Crippen LogP) is 1.06. The molecule has 1 amide bonds. The molecule has 1 fully saturated rings. The molecular formula is C19H23N5O3. The van der Waals surface area contributed by atoms with Gasteiger partial charge >= 0.3 is 0 Å². The Balaban J connectivity index is 1.47. The second kappa shape index (κ2) is 7.48. The molecular weight excluding hydrogens is 346 g/mol. The molecule has 2 aromatic heterocycles. The van der Waals surface area contributed by atoms with Crippen molar-refractivity contribution in [2.24, 2.45) is 0 Å². The van der Waals surface area contributed by atoms with Crippen LogP contribution in [0.25, 0.3) is 0 Å². The third-order valence-corrected chi connectivity index (χ3v) is 5.19. The van der Waals surface area contributed by atoms with Crippen LogP contribution in [0.1, 0.15) is 34.5 Å². The SMILES string of the molecule is COc1nc2c(cc1C(=O)N1CC[C@@H](Nc3ncccn3)[C@H](O)C1)CCC2. The first-order valence-corrected chi connectivity index (χ1v) is 9.23. The van der Waals surface area contributed by atoms with Crippen LogP contribution in [-0.2, 0) is 12.8 Å². The van der Waals surface area contributed by atoms with Crippen molar-refractivity contribution in [3.8, 4) is 5.88 Å². The van der Waals surface area contributed by atoms with Crippen LogP contribution < -0.4 is 10.1 Å². The van der Waals surface area contributed by atoms with Crippen molar-refractivity contribution in [1.29, 1.82) is 0 Å². The summed E-state index contributed by atoms with van der Waals surface area (Å²) in [6, 6.07) is 3.45. The van der Waals surface area contributed by atoms with Crippen LogP contribution in [0.15, 0.2) is 24.5 Å². The van der Waals surface area contributed by atoms with E-state index in [1.54, 1.807) is 23.4 Å². The van der Waals surface area contributed by atoms with Gasteiger partial charge in [-0.1, -0.05) is 0 Å². The molecule has 3 heterocycles. The van der Waals surface area contributed by atoms with Crippen molar-refractivity contribution >= 4 is 11.9 Å². The standard InChI is InChI=1S/C19H23N5O3/c1-27-17-13(10-12-4-2-5-14(12)22-17)18(26)24-9-6-15(16(25)11-24)23-19-20-7-3-8-21-19/h3,7-8,10,15-16,25H,2,4-6,9,11H2,1H3,(H,20,21,23)/t15-,16-/m1/s1. The minimum atomic E-state index is -0.708. The summed E-state index contributed by atoms with van der Waals surface area (Å²) in [5, 5.41) is 13.7. The topological polar surface area (TPSA) is 100 Å². The lowest BCUT2D eigenvalue weighted by Gasteiger charge is -2.36. The molecule has 8 heteroatoms. The van der Waals surface area contributed by atoms with E-state index in [1.807, 2.05) is 6.07 Å². The maximum Gasteiger partial charge on any atom is 0.259 e. The third kappa shape index (κ3) is 3.57. The second-order valence-corrected chi connectivity index (χ2v) is 6.93. The quantitative estimate of drug-likeness (QED) is 0.831. The number of hydrogen-bond donors (Lipinski definition) is 2. The fourth-order valence-corrected chi connectivity index (χ4v) is 3.76. The van der Waals surface area contributed by atoms with Crippen molar-refractivity contribution < 1.29 is 14.6 Å². The zero-order chi connectivity index (χ0) is 18.8. The maximum atomic E-state index is 13.0. The highest BCUT2D eigenvalue weighted by molar-refractivity contribution is 5.96. The number of β-amino-alcohol motifs (C(OH)–C–C–N with tert-alkyl or cyclic N) is 1.